The maximum absolute atomic E-state index is 12.2. The van der Waals surface area contributed by atoms with Gasteiger partial charge in [-0.05, 0) is 54.8 Å². The number of hydrogen-bond donors (Lipinski definition) is 2. The summed E-state index contributed by atoms with van der Waals surface area (Å²) in [5.74, 6) is 0.328. The molecule has 1 saturated heterocycles. The topological polar surface area (TPSA) is 87.7 Å². The third-order valence-electron chi connectivity index (χ3n) is 4.43. The van der Waals surface area contributed by atoms with E-state index >= 15 is 0 Å². The van der Waals surface area contributed by atoms with Gasteiger partial charge in [-0.3, -0.25) is 14.5 Å². The summed E-state index contributed by atoms with van der Waals surface area (Å²) < 4.78 is 5.64. The van der Waals surface area contributed by atoms with Gasteiger partial charge in [-0.25, -0.2) is 4.79 Å². The van der Waals surface area contributed by atoms with Crippen LogP contribution in [0.15, 0.2) is 42.5 Å². The molecule has 0 bridgehead atoms. The largest absolute Gasteiger partial charge is 0.494 e. The third-order valence-corrected chi connectivity index (χ3v) is 4.86. The maximum atomic E-state index is 12.2. The highest BCUT2D eigenvalue weighted by atomic mass is 35.5. The molecular formula is C21H22ClN3O4. The van der Waals surface area contributed by atoms with Crippen molar-refractivity contribution < 1.29 is 19.1 Å². The molecule has 0 spiro atoms. The van der Waals surface area contributed by atoms with Gasteiger partial charge in [0, 0.05) is 17.1 Å². The number of hydrogen-bond acceptors (Lipinski definition) is 4. The molecule has 4 amide bonds. The minimum absolute atomic E-state index is 0.0208. The summed E-state index contributed by atoms with van der Waals surface area (Å²) in [5.41, 5.74) is 2.32. The van der Waals surface area contributed by atoms with Crippen molar-refractivity contribution in [3.05, 3.63) is 58.6 Å². The number of ether oxygens (including phenoxy) is 1. The Morgan fingerprint density at radius 1 is 1.24 bits per heavy atom. The number of nitrogens with zero attached hydrogens (tertiary/aromatic N) is 1. The molecule has 0 saturated carbocycles. The predicted octanol–water partition coefficient (Wildman–Crippen LogP) is 3.50. The highest BCUT2D eigenvalue weighted by molar-refractivity contribution is 6.31. The van der Waals surface area contributed by atoms with Gasteiger partial charge in [-0.2, -0.15) is 0 Å². The zero-order valence-electron chi connectivity index (χ0n) is 16.0. The van der Waals surface area contributed by atoms with Crippen LogP contribution in [0.25, 0.3) is 0 Å². The van der Waals surface area contributed by atoms with Crippen molar-refractivity contribution >= 4 is 35.1 Å². The Labute approximate surface area is 174 Å². The number of imide groups is 1. The molecule has 1 aliphatic rings. The fourth-order valence-electron chi connectivity index (χ4n) is 2.90. The van der Waals surface area contributed by atoms with Gasteiger partial charge in [-0.15, -0.1) is 0 Å². The molecule has 8 heteroatoms. The number of amides is 4. The highest BCUT2D eigenvalue weighted by Gasteiger charge is 2.28. The van der Waals surface area contributed by atoms with E-state index in [1.54, 1.807) is 36.4 Å². The summed E-state index contributed by atoms with van der Waals surface area (Å²) in [6.45, 7) is 2.51. The summed E-state index contributed by atoms with van der Waals surface area (Å²) in [7, 11) is 0. The van der Waals surface area contributed by atoms with E-state index < -0.39 is 6.03 Å². The van der Waals surface area contributed by atoms with Gasteiger partial charge in [0.15, 0.2) is 0 Å². The van der Waals surface area contributed by atoms with E-state index in [1.165, 1.54) is 0 Å². The van der Waals surface area contributed by atoms with E-state index in [4.69, 9.17) is 16.3 Å². The van der Waals surface area contributed by atoms with Crippen molar-refractivity contribution in [3.63, 3.8) is 0 Å². The number of anilines is 1. The number of carbonyl (C=O) groups is 3. The second-order valence-electron chi connectivity index (χ2n) is 6.75. The fraction of sp³-hybridized carbons (Fsp3) is 0.286. The first kappa shape index (κ1) is 20.7. The summed E-state index contributed by atoms with van der Waals surface area (Å²) >= 11 is 5.99. The molecule has 2 N–H and O–H groups in total. The summed E-state index contributed by atoms with van der Waals surface area (Å²) in [4.78, 5) is 36.7. The molecule has 0 aromatic heterocycles. The molecule has 3 rings (SSSR count). The van der Waals surface area contributed by atoms with Crippen LogP contribution in [0.5, 0.6) is 5.75 Å². The minimum atomic E-state index is -0.402. The Kier molecular flexibility index (Phi) is 6.72. The van der Waals surface area contributed by atoms with Crippen molar-refractivity contribution in [2.24, 2.45) is 0 Å². The molecular weight excluding hydrogens is 394 g/mol. The summed E-state index contributed by atoms with van der Waals surface area (Å²) in [6, 6.07) is 12.1. The highest BCUT2D eigenvalue weighted by Crippen LogP contribution is 2.21. The van der Waals surface area contributed by atoms with Gasteiger partial charge in [0.05, 0.1) is 19.7 Å². The maximum Gasteiger partial charge on any atom is 0.324 e. The van der Waals surface area contributed by atoms with Crippen LogP contribution in [0.4, 0.5) is 10.5 Å². The first-order chi connectivity index (χ1) is 13.9. The van der Waals surface area contributed by atoms with E-state index in [-0.39, 0.29) is 24.9 Å². The molecule has 0 atom stereocenters. The third kappa shape index (κ3) is 5.71. The molecule has 2 aromatic carbocycles. The predicted molar refractivity (Wildman–Crippen MR) is 110 cm³/mol. The Balaban J connectivity index is 1.45. The zero-order chi connectivity index (χ0) is 20.8. The SMILES string of the molecule is Cc1cc(OCCCC(=O)Nc2cccc(CN3C(=O)CNC3=O)c2)ccc1Cl. The van der Waals surface area contributed by atoms with Crippen LogP contribution in [0, 0.1) is 6.92 Å². The molecule has 152 valence electrons. The Morgan fingerprint density at radius 3 is 2.79 bits per heavy atom. The molecule has 1 heterocycles. The summed E-state index contributed by atoms with van der Waals surface area (Å²) in [6.07, 6.45) is 0.874. The van der Waals surface area contributed by atoms with E-state index in [0.29, 0.717) is 30.2 Å². The number of benzene rings is 2. The first-order valence-corrected chi connectivity index (χ1v) is 9.66. The second-order valence-corrected chi connectivity index (χ2v) is 7.16. The molecule has 0 unspecified atom stereocenters. The van der Waals surface area contributed by atoms with Crippen LogP contribution >= 0.6 is 11.6 Å². The Hall–Kier alpha value is -3.06. The van der Waals surface area contributed by atoms with Gasteiger partial charge >= 0.3 is 6.03 Å². The molecule has 0 aliphatic carbocycles. The van der Waals surface area contributed by atoms with Crippen molar-refractivity contribution in [2.75, 3.05) is 18.5 Å². The zero-order valence-corrected chi connectivity index (χ0v) is 16.8. The first-order valence-electron chi connectivity index (χ1n) is 9.28. The second kappa shape index (κ2) is 9.43. The van der Waals surface area contributed by atoms with E-state index in [0.717, 1.165) is 21.8 Å². The number of aryl methyl sites for hydroxylation is 1. The van der Waals surface area contributed by atoms with Crippen molar-refractivity contribution in [1.29, 1.82) is 0 Å². The standard InChI is InChI=1S/C21H22ClN3O4/c1-14-10-17(7-8-18(14)22)29-9-3-6-19(26)24-16-5-2-4-15(11-16)13-25-20(27)12-23-21(25)28/h2,4-5,7-8,10-11H,3,6,9,12-13H2,1H3,(H,23,28)(H,24,26). The van der Waals surface area contributed by atoms with Crippen LogP contribution < -0.4 is 15.4 Å². The van der Waals surface area contributed by atoms with Crippen LogP contribution in [0.1, 0.15) is 24.0 Å². The number of nitrogens with one attached hydrogen (secondary N) is 2. The fourth-order valence-corrected chi connectivity index (χ4v) is 3.02. The van der Waals surface area contributed by atoms with Crippen LogP contribution in [0.2, 0.25) is 5.02 Å². The molecule has 1 fully saturated rings. The monoisotopic (exact) mass is 415 g/mol. The quantitative estimate of drug-likeness (QED) is 0.510. The average Bonchev–Trinajstić information content (AvgIpc) is 3.00. The molecule has 0 radical (unpaired) electrons. The van der Waals surface area contributed by atoms with Crippen LogP contribution in [-0.4, -0.2) is 35.9 Å². The lowest BCUT2D eigenvalue weighted by atomic mass is 10.2. The Bertz CT molecular complexity index is 916. The Morgan fingerprint density at radius 2 is 2.07 bits per heavy atom. The van der Waals surface area contributed by atoms with Crippen molar-refractivity contribution in [1.82, 2.24) is 10.2 Å². The van der Waals surface area contributed by atoms with Crippen LogP contribution in [0.3, 0.4) is 0 Å². The van der Waals surface area contributed by atoms with E-state index in [1.807, 2.05) is 13.0 Å². The van der Waals surface area contributed by atoms with Crippen LogP contribution in [-0.2, 0) is 16.1 Å². The molecule has 7 nitrogen and oxygen atoms in total. The normalized spacial score (nSPS) is 13.4. The van der Waals surface area contributed by atoms with E-state index in [2.05, 4.69) is 10.6 Å². The number of rotatable bonds is 8. The van der Waals surface area contributed by atoms with Gasteiger partial charge in [0.1, 0.15) is 5.75 Å². The molecule has 2 aromatic rings. The average molecular weight is 416 g/mol. The lowest BCUT2D eigenvalue weighted by Crippen LogP contribution is -2.30. The van der Waals surface area contributed by atoms with Gasteiger partial charge in [0.2, 0.25) is 11.8 Å². The van der Waals surface area contributed by atoms with Gasteiger partial charge in [-0.1, -0.05) is 23.7 Å². The smallest absolute Gasteiger partial charge is 0.324 e. The van der Waals surface area contributed by atoms with E-state index in [9.17, 15) is 14.4 Å². The number of carbonyl (C=O) groups excluding carboxylic acids is 3. The van der Waals surface area contributed by atoms with Gasteiger partial charge < -0.3 is 15.4 Å². The minimum Gasteiger partial charge on any atom is -0.494 e. The van der Waals surface area contributed by atoms with Crippen molar-refractivity contribution in [2.45, 2.75) is 26.3 Å². The van der Waals surface area contributed by atoms with Gasteiger partial charge in [0.25, 0.3) is 0 Å². The summed E-state index contributed by atoms with van der Waals surface area (Å²) in [5, 5.41) is 6.00. The number of urea groups is 1. The van der Waals surface area contributed by atoms with Crippen molar-refractivity contribution in [3.8, 4) is 5.75 Å². The lowest BCUT2D eigenvalue weighted by molar-refractivity contribution is -0.125. The lowest BCUT2D eigenvalue weighted by Gasteiger charge is -2.13. The molecule has 1 aliphatic heterocycles. The molecule has 29 heavy (non-hydrogen) atoms. The number of halogens is 1.